The van der Waals surface area contributed by atoms with E-state index in [0.29, 0.717) is 0 Å². The van der Waals surface area contributed by atoms with E-state index in [1.807, 2.05) is 0 Å². The molecule has 0 atom stereocenters. The summed E-state index contributed by atoms with van der Waals surface area (Å²) in [5.41, 5.74) is 0. The summed E-state index contributed by atoms with van der Waals surface area (Å²) < 4.78 is 3.35. The molecule has 0 nitrogen and oxygen atoms in total. The highest BCUT2D eigenvalue weighted by atomic mass is 79.9. The summed E-state index contributed by atoms with van der Waals surface area (Å²) in [5.74, 6) is 0. The van der Waals surface area contributed by atoms with Gasteiger partial charge in [-0.15, -0.1) is 0 Å². The third-order valence-electron chi connectivity index (χ3n) is 2.84. The monoisotopic (exact) mass is 412 g/mol. The molecule has 0 N–H and O–H groups in total. The molecule has 0 aliphatic heterocycles. The smallest absolute Gasteiger partial charge is 0.0354 e. The maximum Gasteiger partial charge on any atom is 0.0354 e. The van der Waals surface area contributed by atoms with E-state index in [4.69, 9.17) is 0 Å². The van der Waals surface area contributed by atoms with Crippen molar-refractivity contribution in [1.29, 1.82) is 0 Å². The van der Waals surface area contributed by atoms with Crippen molar-refractivity contribution in [2.24, 2.45) is 0 Å². The first kappa shape index (κ1) is 11.7. The van der Waals surface area contributed by atoms with Crippen LogP contribution in [0, 0.1) is 0 Å². The number of rotatable bonds is 0. The first-order chi connectivity index (χ1) is 8.18. The number of hydrogen-bond donors (Lipinski definition) is 0. The van der Waals surface area contributed by atoms with Gasteiger partial charge in [-0.3, -0.25) is 0 Å². The summed E-state index contributed by atoms with van der Waals surface area (Å²) in [4.78, 5) is 0. The second-order valence-electron chi connectivity index (χ2n) is 3.87. The summed E-state index contributed by atoms with van der Waals surface area (Å²) >= 11 is 10.9. The maximum atomic E-state index is 3.72. The van der Waals surface area contributed by atoms with Crippen LogP contribution in [0.3, 0.4) is 0 Å². The molecule has 17 heavy (non-hydrogen) atoms. The van der Waals surface area contributed by atoms with Crippen LogP contribution in [0.15, 0.2) is 55.9 Å². The zero-order valence-corrected chi connectivity index (χ0v) is 13.4. The highest BCUT2D eigenvalue weighted by Crippen LogP contribution is 2.39. The lowest BCUT2D eigenvalue weighted by Crippen LogP contribution is -1.82. The summed E-state index contributed by atoms with van der Waals surface area (Å²) in [6, 6.07) is 14.7. The molecule has 0 aliphatic carbocycles. The Morgan fingerprint density at radius 1 is 0.647 bits per heavy atom. The minimum atomic E-state index is 1.11. The standard InChI is InChI=1S/C14H7Br3/c15-10-5-1-3-8-7-9-4-2-6-11(16)13(9)14(17)12(8)10/h1-7H. The van der Waals surface area contributed by atoms with Crippen LogP contribution in [0.2, 0.25) is 0 Å². The van der Waals surface area contributed by atoms with E-state index in [1.165, 1.54) is 21.5 Å². The summed E-state index contributed by atoms with van der Waals surface area (Å²) in [5, 5.41) is 4.90. The summed E-state index contributed by atoms with van der Waals surface area (Å²) in [7, 11) is 0. The van der Waals surface area contributed by atoms with E-state index < -0.39 is 0 Å². The van der Waals surface area contributed by atoms with Crippen LogP contribution in [0.25, 0.3) is 21.5 Å². The summed E-state index contributed by atoms with van der Waals surface area (Å²) in [6.45, 7) is 0. The fraction of sp³-hybridized carbons (Fsp3) is 0. The fourth-order valence-corrected chi connectivity index (χ4v) is 4.65. The van der Waals surface area contributed by atoms with Crippen LogP contribution >= 0.6 is 47.8 Å². The average Bonchev–Trinajstić information content (AvgIpc) is 2.28. The van der Waals surface area contributed by atoms with Gasteiger partial charge in [0, 0.05) is 24.2 Å². The lowest BCUT2D eigenvalue weighted by molar-refractivity contribution is 1.68. The largest absolute Gasteiger partial charge is 0.0605 e. The minimum absolute atomic E-state index is 1.11. The molecule has 0 spiro atoms. The van der Waals surface area contributed by atoms with Gasteiger partial charge in [0.15, 0.2) is 0 Å². The van der Waals surface area contributed by atoms with Crippen LogP contribution in [-0.4, -0.2) is 0 Å². The molecule has 3 rings (SSSR count). The van der Waals surface area contributed by atoms with Gasteiger partial charge in [0.2, 0.25) is 0 Å². The van der Waals surface area contributed by atoms with Gasteiger partial charge >= 0.3 is 0 Å². The van der Waals surface area contributed by atoms with Crippen LogP contribution in [0.1, 0.15) is 0 Å². The van der Waals surface area contributed by atoms with Gasteiger partial charge < -0.3 is 0 Å². The molecule has 84 valence electrons. The molecule has 0 fully saturated rings. The zero-order valence-electron chi connectivity index (χ0n) is 8.68. The normalized spacial score (nSPS) is 11.2. The van der Waals surface area contributed by atoms with E-state index in [0.717, 1.165) is 13.4 Å². The Balaban J connectivity index is 2.64. The lowest BCUT2D eigenvalue weighted by Gasteiger charge is -2.09. The topological polar surface area (TPSA) is 0 Å². The van der Waals surface area contributed by atoms with Crippen molar-refractivity contribution in [3.63, 3.8) is 0 Å². The highest BCUT2D eigenvalue weighted by Gasteiger charge is 2.09. The molecule has 0 aliphatic rings. The number of hydrogen-bond acceptors (Lipinski definition) is 0. The lowest BCUT2D eigenvalue weighted by atomic mass is 10.0. The molecule has 0 radical (unpaired) electrons. The Bertz CT molecular complexity index is 672. The fourth-order valence-electron chi connectivity index (χ4n) is 2.08. The van der Waals surface area contributed by atoms with Crippen molar-refractivity contribution in [2.75, 3.05) is 0 Å². The van der Waals surface area contributed by atoms with Crippen molar-refractivity contribution in [2.45, 2.75) is 0 Å². The highest BCUT2D eigenvalue weighted by molar-refractivity contribution is 9.11. The number of halogens is 3. The predicted molar refractivity (Wildman–Crippen MR) is 84.6 cm³/mol. The molecule has 0 heterocycles. The van der Waals surface area contributed by atoms with E-state index in [1.54, 1.807) is 0 Å². The zero-order chi connectivity index (χ0) is 12.0. The molecule has 0 amide bonds. The van der Waals surface area contributed by atoms with Gasteiger partial charge in [-0.05, 0) is 44.9 Å². The maximum absolute atomic E-state index is 3.72. The first-order valence-electron chi connectivity index (χ1n) is 5.13. The second-order valence-corrected chi connectivity index (χ2v) is 6.37. The van der Waals surface area contributed by atoms with E-state index in [-0.39, 0.29) is 0 Å². The van der Waals surface area contributed by atoms with Gasteiger partial charge in [0.1, 0.15) is 0 Å². The molecular formula is C14H7Br3. The average molecular weight is 415 g/mol. The second kappa shape index (κ2) is 4.38. The van der Waals surface area contributed by atoms with E-state index >= 15 is 0 Å². The quantitative estimate of drug-likeness (QED) is 0.380. The van der Waals surface area contributed by atoms with Crippen LogP contribution < -0.4 is 0 Å². The Kier molecular flexibility index (Phi) is 3.01. The van der Waals surface area contributed by atoms with Crippen molar-refractivity contribution in [3.8, 4) is 0 Å². The molecule has 3 aromatic carbocycles. The molecule has 0 saturated carbocycles. The number of fused-ring (bicyclic) bond motifs is 2. The van der Waals surface area contributed by atoms with Gasteiger partial charge in [0.25, 0.3) is 0 Å². The molecule has 0 bridgehead atoms. The molecule has 0 unspecified atom stereocenters. The Morgan fingerprint density at radius 3 is 1.59 bits per heavy atom. The van der Waals surface area contributed by atoms with E-state index in [9.17, 15) is 0 Å². The minimum Gasteiger partial charge on any atom is -0.0605 e. The van der Waals surface area contributed by atoms with E-state index in [2.05, 4.69) is 90.3 Å². The first-order valence-corrected chi connectivity index (χ1v) is 7.51. The van der Waals surface area contributed by atoms with Gasteiger partial charge in [-0.1, -0.05) is 56.1 Å². The van der Waals surface area contributed by atoms with Crippen molar-refractivity contribution in [3.05, 3.63) is 55.9 Å². The molecule has 0 aromatic heterocycles. The van der Waals surface area contributed by atoms with Crippen LogP contribution in [0.5, 0.6) is 0 Å². The SMILES string of the molecule is Brc1cccc2cc3cccc(Br)c3c(Br)c12. The summed E-state index contributed by atoms with van der Waals surface area (Å²) in [6.07, 6.45) is 0. The van der Waals surface area contributed by atoms with Crippen molar-refractivity contribution >= 4 is 69.3 Å². The van der Waals surface area contributed by atoms with Crippen molar-refractivity contribution < 1.29 is 0 Å². The Hall–Kier alpha value is -0.380. The Morgan fingerprint density at radius 2 is 1.12 bits per heavy atom. The van der Waals surface area contributed by atoms with Gasteiger partial charge in [-0.2, -0.15) is 0 Å². The van der Waals surface area contributed by atoms with Crippen LogP contribution in [0.4, 0.5) is 0 Å². The van der Waals surface area contributed by atoms with Gasteiger partial charge in [0.05, 0.1) is 0 Å². The van der Waals surface area contributed by atoms with Crippen molar-refractivity contribution in [1.82, 2.24) is 0 Å². The third kappa shape index (κ3) is 1.85. The molecule has 0 saturated heterocycles. The Labute approximate surface area is 124 Å². The third-order valence-corrected chi connectivity index (χ3v) is 4.96. The number of benzene rings is 3. The van der Waals surface area contributed by atoms with Gasteiger partial charge in [-0.25, -0.2) is 0 Å². The van der Waals surface area contributed by atoms with Crippen LogP contribution in [-0.2, 0) is 0 Å². The molecule has 3 heteroatoms. The molecule has 3 aromatic rings. The molecular weight excluding hydrogens is 408 g/mol. The predicted octanol–water partition coefficient (Wildman–Crippen LogP) is 6.28.